The zero-order chi connectivity index (χ0) is 27.0. The summed E-state index contributed by atoms with van der Waals surface area (Å²) in [6.45, 7) is 0.180. The van der Waals surface area contributed by atoms with Crippen LogP contribution in [0.25, 0.3) is 0 Å². The normalized spacial score (nSPS) is 11.2. The van der Waals surface area contributed by atoms with Gasteiger partial charge in [-0.15, -0.1) is 0 Å². The topological polar surface area (TPSA) is 105 Å². The average molecular weight is 528 g/mol. The molecule has 0 aliphatic heterocycles. The molecule has 0 aliphatic carbocycles. The second-order valence-electron chi connectivity index (χ2n) is 8.33. The molecule has 4 aromatic carbocycles. The van der Waals surface area contributed by atoms with Crippen LogP contribution < -0.4 is 14.5 Å². The molecule has 0 heterocycles. The van der Waals surface area contributed by atoms with E-state index in [0.29, 0.717) is 28.1 Å². The van der Waals surface area contributed by atoms with Crippen molar-refractivity contribution in [1.82, 2.24) is 5.43 Å². The zero-order valence-corrected chi connectivity index (χ0v) is 21.3. The molecule has 0 aromatic heterocycles. The molecule has 0 radical (unpaired) electrons. The summed E-state index contributed by atoms with van der Waals surface area (Å²) in [5, 5.41) is 3.97. The molecule has 0 bridgehead atoms. The summed E-state index contributed by atoms with van der Waals surface area (Å²) < 4.78 is 31.4. The fourth-order valence-corrected chi connectivity index (χ4v) is 4.41. The SMILES string of the molecule is CS(=O)(=O)N(Cc1ccccc1)c1ccc(C(=O)N/N=C/c2ccc(OC(=O)c3ccccc3)cc2)cc1. The van der Waals surface area contributed by atoms with Gasteiger partial charge in [0, 0.05) is 5.56 Å². The molecule has 1 N–H and O–H groups in total. The van der Waals surface area contributed by atoms with Gasteiger partial charge in [-0.05, 0) is 71.8 Å². The predicted molar refractivity (Wildman–Crippen MR) is 147 cm³/mol. The highest BCUT2D eigenvalue weighted by molar-refractivity contribution is 7.92. The number of nitrogens with one attached hydrogen (secondary N) is 1. The number of hydrogen-bond acceptors (Lipinski definition) is 6. The maximum atomic E-state index is 12.5. The van der Waals surface area contributed by atoms with Crippen molar-refractivity contribution in [3.05, 3.63) is 131 Å². The smallest absolute Gasteiger partial charge is 0.343 e. The maximum absolute atomic E-state index is 12.5. The van der Waals surface area contributed by atoms with Gasteiger partial charge in [0.2, 0.25) is 10.0 Å². The van der Waals surface area contributed by atoms with Crippen LogP contribution in [0, 0.1) is 0 Å². The largest absolute Gasteiger partial charge is 0.423 e. The third-order valence-electron chi connectivity index (χ3n) is 5.47. The lowest BCUT2D eigenvalue weighted by Crippen LogP contribution is -2.29. The molecule has 0 aliphatic rings. The van der Waals surface area contributed by atoms with Crippen LogP contribution in [0.1, 0.15) is 31.8 Å². The molecule has 0 spiro atoms. The minimum absolute atomic E-state index is 0.180. The monoisotopic (exact) mass is 527 g/mol. The van der Waals surface area contributed by atoms with Crippen LogP contribution >= 0.6 is 0 Å². The van der Waals surface area contributed by atoms with E-state index >= 15 is 0 Å². The van der Waals surface area contributed by atoms with Crippen LogP contribution in [0.15, 0.2) is 114 Å². The first kappa shape index (κ1) is 26.3. The van der Waals surface area contributed by atoms with E-state index in [4.69, 9.17) is 4.74 Å². The lowest BCUT2D eigenvalue weighted by Gasteiger charge is -2.22. The summed E-state index contributed by atoms with van der Waals surface area (Å²) in [7, 11) is -3.54. The van der Waals surface area contributed by atoms with Crippen LogP contribution in [-0.4, -0.2) is 32.8 Å². The first-order valence-electron chi connectivity index (χ1n) is 11.6. The third kappa shape index (κ3) is 7.14. The van der Waals surface area contributed by atoms with E-state index in [-0.39, 0.29) is 6.54 Å². The molecule has 0 fully saturated rings. The standard InChI is InChI=1S/C29H25N3O5S/c1-38(35,36)32(21-23-8-4-2-5-9-23)26-16-14-24(15-17-26)28(33)31-30-20-22-12-18-27(19-13-22)37-29(34)25-10-6-3-7-11-25/h2-20H,21H2,1H3,(H,31,33)/b30-20+. The summed E-state index contributed by atoms with van der Waals surface area (Å²) in [5.74, 6) is -0.518. The van der Waals surface area contributed by atoms with E-state index in [2.05, 4.69) is 10.5 Å². The summed E-state index contributed by atoms with van der Waals surface area (Å²) >= 11 is 0. The van der Waals surface area contributed by atoms with Crippen molar-refractivity contribution in [2.45, 2.75) is 6.54 Å². The molecule has 38 heavy (non-hydrogen) atoms. The Bertz CT molecular complexity index is 1520. The van der Waals surface area contributed by atoms with Crippen LogP contribution in [0.5, 0.6) is 5.75 Å². The quantitative estimate of drug-likeness (QED) is 0.148. The van der Waals surface area contributed by atoms with Gasteiger partial charge in [0.15, 0.2) is 0 Å². The number of rotatable bonds is 9. The van der Waals surface area contributed by atoms with Gasteiger partial charge in [0.25, 0.3) is 5.91 Å². The highest BCUT2D eigenvalue weighted by Gasteiger charge is 2.18. The number of amides is 1. The van der Waals surface area contributed by atoms with Crippen LogP contribution in [-0.2, 0) is 16.6 Å². The molecule has 1 amide bonds. The number of ether oxygens (including phenoxy) is 1. The van der Waals surface area contributed by atoms with Crippen molar-refractivity contribution in [3.63, 3.8) is 0 Å². The van der Waals surface area contributed by atoms with Crippen molar-refractivity contribution in [3.8, 4) is 5.75 Å². The van der Waals surface area contributed by atoms with Gasteiger partial charge in [0.1, 0.15) is 5.75 Å². The molecule has 0 saturated heterocycles. The maximum Gasteiger partial charge on any atom is 0.343 e. The highest BCUT2D eigenvalue weighted by Crippen LogP contribution is 2.21. The van der Waals surface area contributed by atoms with Gasteiger partial charge in [-0.3, -0.25) is 9.10 Å². The molecule has 4 rings (SSSR count). The van der Waals surface area contributed by atoms with Crippen LogP contribution in [0.3, 0.4) is 0 Å². The minimum Gasteiger partial charge on any atom is -0.423 e. The van der Waals surface area contributed by atoms with Crippen molar-refractivity contribution in [2.24, 2.45) is 5.10 Å². The number of anilines is 1. The van der Waals surface area contributed by atoms with Gasteiger partial charge in [0.05, 0.1) is 30.3 Å². The summed E-state index contributed by atoms with van der Waals surface area (Å²) in [5.41, 5.74) is 5.20. The summed E-state index contributed by atoms with van der Waals surface area (Å²) in [6, 6.07) is 30.8. The van der Waals surface area contributed by atoms with Gasteiger partial charge < -0.3 is 4.74 Å². The Morgan fingerprint density at radius 1 is 0.816 bits per heavy atom. The lowest BCUT2D eigenvalue weighted by molar-refractivity contribution is 0.0734. The molecule has 0 atom stereocenters. The lowest BCUT2D eigenvalue weighted by atomic mass is 10.2. The van der Waals surface area contributed by atoms with E-state index in [1.54, 1.807) is 72.8 Å². The van der Waals surface area contributed by atoms with Gasteiger partial charge >= 0.3 is 5.97 Å². The first-order chi connectivity index (χ1) is 18.3. The Morgan fingerprint density at radius 3 is 2.03 bits per heavy atom. The van der Waals surface area contributed by atoms with Crippen molar-refractivity contribution in [2.75, 3.05) is 10.6 Å². The number of hydrogen-bond donors (Lipinski definition) is 1. The molecule has 0 unspecified atom stereocenters. The second kappa shape index (κ2) is 12.0. The Balaban J connectivity index is 1.34. The second-order valence-corrected chi connectivity index (χ2v) is 10.2. The molecule has 4 aromatic rings. The van der Waals surface area contributed by atoms with E-state index in [1.165, 1.54) is 10.5 Å². The number of sulfonamides is 1. The van der Waals surface area contributed by atoms with Crippen molar-refractivity contribution >= 4 is 33.8 Å². The van der Waals surface area contributed by atoms with Crippen LogP contribution in [0.2, 0.25) is 0 Å². The first-order valence-corrected chi connectivity index (χ1v) is 13.5. The molecule has 9 heteroatoms. The fraction of sp³-hybridized carbons (Fsp3) is 0.0690. The minimum atomic E-state index is -3.54. The number of esters is 1. The predicted octanol–water partition coefficient (Wildman–Crippen LogP) is 4.64. The number of benzene rings is 4. The Kier molecular flexibility index (Phi) is 8.30. The van der Waals surface area contributed by atoms with Crippen LogP contribution in [0.4, 0.5) is 5.69 Å². The van der Waals surface area contributed by atoms with E-state index in [0.717, 1.165) is 11.8 Å². The molecular formula is C29H25N3O5S. The molecule has 0 saturated carbocycles. The van der Waals surface area contributed by atoms with Gasteiger partial charge in [-0.2, -0.15) is 5.10 Å². The summed E-state index contributed by atoms with van der Waals surface area (Å²) in [4.78, 5) is 24.6. The van der Waals surface area contributed by atoms with E-state index in [1.807, 2.05) is 36.4 Å². The Labute approximate surface area is 221 Å². The highest BCUT2D eigenvalue weighted by atomic mass is 32.2. The summed E-state index contributed by atoms with van der Waals surface area (Å²) in [6.07, 6.45) is 2.60. The fourth-order valence-electron chi connectivity index (χ4n) is 3.52. The molecular weight excluding hydrogens is 502 g/mol. The molecule has 192 valence electrons. The zero-order valence-electron chi connectivity index (χ0n) is 20.5. The molecule has 8 nitrogen and oxygen atoms in total. The Hall–Kier alpha value is -4.76. The Morgan fingerprint density at radius 2 is 1.42 bits per heavy atom. The number of carbonyl (C=O) groups is 2. The third-order valence-corrected chi connectivity index (χ3v) is 6.61. The van der Waals surface area contributed by atoms with Gasteiger partial charge in [-0.25, -0.2) is 18.6 Å². The number of carbonyl (C=O) groups excluding carboxylic acids is 2. The van der Waals surface area contributed by atoms with Gasteiger partial charge in [-0.1, -0.05) is 48.5 Å². The van der Waals surface area contributed by atoms with Crippen molar-refractivity contribution < 1.29 is 22.7 Å². The number of nitrogens with zero attached hydrogens (tertiary/aromatic N) is 2. The number of hydrazone groups is 1. The van der Waals surface area contributed by atoms with E-state index in [9.17, 15) is 18.0 Å². The average Bonchev–Trinajstić information content (AvgIpc) is 2.93. The van der Waals surface area contributed by atoms with E-state index < -0.39 is 21.9 Å². The van der Waals surface area contributed by atoms with Crippen molar-refractivity contribution in [1.29, 1.82) is 0 Å².